The highest BCUT2D eigenvalue weighted by Gasteiger charge is 2.42. The van der Waals surface area contributed by atoms with Crippen molar-refractivity contribution >= 4 is 0 Å². The Balaban J connectivity index is 1.46. The Kier molecular flexibility index (Phi) is 13.5. The van der Waals surface area contributed by atoms with Crippen LogP contribution in [-0.2, 0) is 14.2 Å². The Morgan fingerprint density at radius 1 is 0.656 bits per heavy atom. The summed E-state index contributed by atoms with van der Waals surface area (Å²) in [7, 11) is 0. The molecule has 2 aliphatic carbocycles. The van der Waals surface area contributed by atoms with Gasteiger partial charge < -0.3 is 14.2 Å². The Labute approximate surface area is 191 Å². The van der Waals surface area contributed by atoms with Gasteiger partial charge in [-0.3, -0.25) is 0 Å². The monoisotopic (exact) mass is 468 g/mol. The minimum absolute atomic E-state index is 0.116. The second kappa shape index (κ2) is 15.5. The molecule has 0 aromatic rings. The average molecular weight is 469 g/mol. The van der Waals surface area contributed by atoms with Gasteiger partial charge >= 0.3 is 12.3 Å². The number of rotatable bonds is 16. The summed E-state index contributed by atoms with van der Waals surface area (Å²) in [5.74, 6) is -4.07. The van der Waals surface area contributed by atoms with E-state index in [4.69, 9.17) is 14.2 Å². The maximum atomic E-state index is 13.0. The van der Waals surface area contributed by atoms with Crippen molar-refractivity contribution in [3.05, 3.63) is 0 Å². The van der Waals surface area contributed by atoms with E-state index in [2.05, 4.69) is 6.92 Å². The van der Waals surface area contributed by atoms with Gasteiger partial charge in [0.15, 0.2) is 0 Å². The minimum Gasteiger partial charge on any atom is -0.378 e. The zero-order chi connectivity index (χ0) is 23.2. The maximum Gasteiger partial charge on any atom is 0.330 e. The van der Waals surface area contributed by atoms with Gasteiger partial charge in [0, 0.05) is 6.61 Å². The van der Waals surface area contributed by atoms with Crippen LogP contribution in [0.1, 0.15) is 110 Å². The molecule has 0 aromatic carbocycles. The van der Waals surface area contributed by atoms with E-state index in [-0.39, 0.29) is 18.3 Å². The van der Waals surface area contributed by atoms with Gasteiger partial charge in [-0.25, -0.2) is 8.78 Å². The van der Waals surface area contributed by atoms with Crippen LogP contribution in [-0.4, -0.2) is 50.0 Å². The van der Waals surface area contributed by atoms with Gasteiger partial charge in [0.25, 0.3) is 0 Å². The molecule has 0 heterocycles. The summed E-state index contributed by atoms with van der Waals surface area (Å²) in [4.78, 5) is 0. The van der Waals surface area contributed by atoms with Crippen LogP contribution >= 0.6 is 0 Å². The predicted octanol–water partition coefficient (Wildman–Crippen LogP) is 7.70. The van der Waals surface area contributed by atoms with Gasteiger partial charge in [-0.15, -0.1) is 0 Å². The molecule has 7 heteroatoms. The molecule has 0 spiro atoms. The summed E-state index contributed by atoms with van der Waals surface area (Å²) >= 11 is 0. The van der Waals surface area contributed by atoms with Gasteiger partial charge in [-0.05, 0) is 57.8 Å². The third-order valence-corrected chi connectivity index (χ3v) is 6.81. The van der Waals surface area contributed by atoms with Crippen molar-refractivity contribution < 1.29 is 31.8 Å². The Bertz CT molecular complexity index is 462. The summed E-state index contributed by atoms with van der Waals surface area (Å²) in [6.45, 7) is 1.90. The van der Waals surface area contributed by atoms with Gasteiger partial charge in [0.1, 0.15) is 6.61 Å². The normalized spacial score (nSPS) is 27.2. The van der Waals surface area contributed by atoms with E-state index >= 15 is 0 Å². The molecule has 0 atom stereocenters. The molecule has 2 aliphatic rings. The van der Waals surface area contributed by atoms with Gasteiger partial charge in [0.05, 0.1) is 24.4 Å². The molecule has 0 aliphatic heterocycles. The molecule has 0 bridgehead atoms. The van der Waals surface area contributed by atoms with Crippen molar-refractivity contribution in [2.75, 3.05) is 13.2 Å². The standard InChI is InChI=1S/C25H44F4O3/c1-2-3-4-5-6-7-8-9-18-30-20-10-14-22(15-11-20)32-23-16-12-21(13-17-23)31-19-25(28,29)24(26)27/h20-24H,2-19H2,1H3. The molecular formula is C25H44F4O3. The highest BCUT2D eigenvalue weighted by molar-refractivity contribution is 4.79. The second-order valence-electron chi connectivity index (χ2n) is 9.65. The third-order valence-electron chi connectivity index (χ3n) is 6.81. The maximum absolute atomic E-state index is 13.0. The van der Waals surface area contributed by atoms with Crippen LogP contribution in [0.25, 0.3) is 0 Å². The van der Waals surface area contributed by atoms with Crippen molar-refractivity contribution in [2.45, 2.75) is 146 Å². The predicted molar refractivity (Wildman–Crippen MR) is 119 cm³/mol. The number of hydrogen-bond donors (Lipinski definition) is 0. The molecule has 32 heavy (non-hydrogen) atoms. The van der Waals surface area contributed by atoms with Crippen molar-refractivity contribution in [3.63, 3.8) is 0 Å². The molecule has 0 radical (unpaired) electrons. The van der Waals surface area contributed by atoms with Crippen LogP contribution in [0.4, 0.5) is 17.6 Å². The molecule has 0 unspecified atom stereocenters. The highest BCUT2D eigenvalue weighted by Crippen LogP contribution is 2.31. The largest absolute Gasteiger partial charge is 0.378 e. The topological polar surface area (TPSA) is 27.7 Å². The molecule has 0 aromatic heterocycles. The first kappa shape index (κ1) is 27.8. The molecule has 2 rings (SSSR count). The number of hydrogen-bond acceptors (Lipinski definition) is 3. The smallest absolute Gasteiger partial charge is 0.330 e. The van der Waals surface area contributed by atoms with Gasteiger partial charge in [-0.2, -0.15) is 8.78 Å². The van der Waals surface area contributed by atoms with Crippen molar-refractivity contribution in [1.29, 1.82) is 0 Å². The number of alkyl halides is 4. The molecule has 0 amide bonds. The lowest BCUT2D eigenvalue weighted by Gasteiger charge is -2.35. The molecule has 0 saturated heterocycles. The van der Waals surface area contributed by atoms with E-state index in [0.717, 1.165) is 51.6 Å². The van der Waals surface area contributed by atoms with Gasteiger partial charge in [-0.1, -0.05) is 51.9 Å². The molecule has 190 valence electrons. The van der Waals surface area contributed by atoms with E-state index in [1.165, 1.54) is 44.9 Å². The quantitative estimate of drug-likeness (QED) is 0.172. The fraction of sp³-hybridized carbons (Fsp3) is 1.00. The van der Waals surface area contributed by atoms with E-state index < -0.39 is 19.0 Å². The fourth-order valence-electron chi connectivity index (χ4n) is 4.72. The van der Waals surface area contributed by atoms with Crippen LogP contribution in [0, 0.1) is 0 Å². The van der Waals surface area contributed by atoms with Crippen molar-refractivity contribution in [3.8, 4) is 0 Å². The van der Waals surface area contributed by atoms with Gasteiger partial charge in [0.2, 0.25) is 0 Å². The lowest BCUT2D eigenvalue weighted by atomic mass is 9.92. The first-order valence-corrected chi connectivity index (χ1v) is 12.9. The fourth-order valence-corrected chi connectivity index (χ4v) is 4.72. The SMILES string of the molecule is CCCCCCCCCCOC1CCC(OC2CCC(OCC(F)(F)C(F)F)CC2)CC1. The van der Waals surface area contributed by atoms with Crippen LogP contribution in [0.3, 0.4) is 0 Å². The molecule has 0 N–H and O–H groups in total. The van der Waals surface area contributed by atoms with Crippen molar-refractivity contribution in [1.82, 2.24) is 0 Å². The second-order valence-corrected chi connectivity index (χ2v) is 9.65. The summed E-state index contributed by atoms with van der Waals surface area (Å²) < 4.78 is 67.8. The first-order valence-electron chi connectivity index (χ1n) is 12.9. The summed E-state index contributed by atoms with van der Waals surface area (Å²) in [5, 5.41) is 0. The van der Waals surface area contributed by atoms with E-state index in [9.17, 15) is 17.6 Å². The molecule has 3 nitrogen and oxygen atoms in total. The zero-order valence-electron chi connectivity index (χ0n) is 19.9. The Morgan fingerprint density at radius 3 is 1.59 bits per heavy atom. The Hall–Kier alpha value is -0.400. The minimum atomic E-state index is -4.07. The number of ether oxygens (including phenoxy) is 3. The molecule has 2 saturated carbocycles. The molecular weight excluding hydrogens is 424 g/mol. The van der Waals surface area contributed by atoms with E-state index in [1.54, 1.807) is 0 Å². The van der Waals surface area contributed by atoms with Crippen molar-refractivity contribution in [2.24, 2.45) is 0 Å². The van der Waals surface area contributed by atoms with Crippen LogP contribution < -0.4 is 0 Å². The summed E-state index contributed by atoms with van der Waals surface area (Å²) in [5.41, 5.74) is 0. The first-order chi connectivity index (χ1) is 15.4. The van der Waals surface area contributed by atoms with E-state index in [0.29, 0.717) is 18.9 Å². The molecule has 2 fully saturated rings. The zero-order valence-corrected chi connectivity index (χ0v) is 19.9. The number of halogens is 4. The number of unbranched alkanes of at least 4 members (excludes halogenated alkanes) is 7. The van der Waals surface area contributed by atoms with E-state index in [1.807, 2.05) is 0 Å². The summed E-state index contributed by atoms with van der Waals surface area (Å²) in [6.07, 6.45) is 13.8. The lowest BCUT2D eigenvalue weighted by molar-refractivity contribution is -0.181. The van der Waals surface area contributed by atoms with Crippen LogP contribution in [0.5, 0.6) is 0 Å². The highest BCUT2D eigenvalue weighted by atomic mass is 19.3. The lowest BCUT2D eigenvalue weighted by Crippen LogP contribution is -2.37. The van der Waals surface area contributed by atoms with Crippen LogP contribution in [0.15, 0.2) is 0 Å². The third kappa shape index (κ3) is 11.1. The average Bonchev–Trinajstić information content (AvgIpc) is 2.78. The summed E-state index contributed by atoms with van der Waals surface area (Å²) in [6, 6.07) is 0. The van der Waals surface area contributed by atoms with Crippen LogP contribution in [0.2, 0.25) is 0 Å². The Morgan fingerprint density at radius 2 is 1.09 bits per heavy atom.